The van der Waals surface area contributed by atoms with Gasteiger partial charge in [-0.15, -0.1) is 0 Å². The highest BCUT2D eigenvalue weighted by Crippen LogP contribution is 2.40. The molecule has 4 rings (SSSR count). The summed E-state index contributed by atoms with van der Waals surface area (Å²) in [5.41, 5.74) is 2.42. The standard InChI is InChI=1S/C19H24N4O2/c1-22(2)12-14-5-3-6-15(20-14)17-7-4-10-23(17)19(24)16-11-18(25-21-16)13-8-9-13/h3,5-6,11,13,17H,4,7-10,12H2,1-2H3/t17-/m1/s1. The summed E-state index contributed by atoms with van der Waals surface area (Å²) >= 11 is 0. The zero-order chi connectivity index (χ0) is 17.4. The zero-order valence-electron chi connectivity index (χ0n) is 14.8. The number of rotatable bonds is 5. The summed E-state index contributed by atoms with van der Waals surface area (Å²) in [4.78, 5) is 21.7. The molecular weight excluding hydrogens is 316 g/mol. The predicted molar refractivity (Wildman–Crippen MR) is 93.1 cm³/mol. The molecule has 1 atom stereocenters. The summed E-state index contributed by atoms with van der Waals surface area (Å²) in [6.07, 6.45) is 4.20. The lowest BCUT2D eigenvalue weighted by Crippen LogP contribution is -2.31. The average molecular weight is 340 g/mol. The smallest absolute Gasteiger partial charge is 0.276 e. The van der Waals surface area contributed by atoms with Gasteiger partial charge >= 0.3 is 0 Å². The van der Waals surface area contributed by atoms with Crippen LogP contribution in [-0.4, -0.2) is 46.5 Å². The second kappa shape index (κ2) is 6.59. The summed E-state index contributed by atoms with van der Waals surface area (Å²) in [6.45, 7) is 1.54. The van der Waals surface area contributed by atoms with Crippen molar-refractivity contribution in [3.63, 3.8) is 0 Å². The maximum Gasteiger partial charge on any atom is 0.276 e. The first kappa shape index (κ1) is 16.3. The first-order valence-electron chi connectivity index (χ1n) is 9.00. The van der Waals surface area contributed by atoms with Crippen molar-refractivity contribution in [2.75, 3.05) is 20.6 Å². The molecule has 6 heteroatoms. The van der Waals surface area contributed by atoms with Crippen molar-refractivity contribution in [3.05, 3.63) is 47.1 Å². The van der Waals surface area contributed by atoms with E-state index >= 15 is 0 Å². The van der Waals surface area contributed by atoms with E-state index in [9.17, 15) is 4.79 Å². The minimum Gasteiger partial charge on any atom is -0.360 e. The van der Waals surface area contributed by atoms with Gasteiger partial charge in [-0.3, -0.25) is 9.78 Å². The second-order valence-electron chi connectivity index (χ2n) is 7.34. The monoisotopic (exact) mass is 340 g/mol. The molecule has 6 nitrogen and oxygen atoms in total. The van der Waals surface area contributed by atoms with Crippen LogP contribution in [0.5, 0.6) is 0 Å². The van der Waals surface area contributed by atoms with Gasteiger partial charge in [0, 0.05) is 25.1 Å². The van der Waals surface area contributed by atoms with Crippen molar-refractivity contribution in [2.24, 2.45) is 0 Å². The first-order valence-corrected chi connectivity index (χ1v) is 9.00. The van der Waals surface area contributed by atoms with Gasteiger partial charge in [-0.25, -0.2) is 0 Å². The molecule has 0 aromatic carbocycles. The Balaban J connectivity index is 1.54. The van der Waals surface area contributed by atoms with Crippen molar-refractivity contribution >= 4 is 5.91 Å². The summed E-state index contributed by atoms with van der Waals surface area (Å²) in [5.74, 6) is 1.27. The molecule has 0 N–H and O–H groups in total. The number of aromatic nitrogens is 2. The topological polar surface area (TPSA) is 62.5 Å². The molecular formula is C19H24N4O2. The van der Waals surface area contributed by atoms with Gasteiger partial charge in [-0.1, -0.05) is 11.2 Å². The molecule has 2 aromatic heterocycles. The van der Waals surface area contributed by atoms with Crippen molar-refractivity contribution < 1.29 is 9.32 Å². The third-order valence-electron chi connectivity index (χ3n) is 4.89. The lowest BCUT2D eigenvalue weighted by atomic mass is 10.1. The Morgan fingerprint density at radius 2 is 2.16 bits per heavy atom. The Hall–Kier alpha value is -2.21. The number of carbonyl (C=O) groups excluding carboxylic acids is 1. The third kappa shape index (κ3) is 3.44. The molecule has 0 unspecified atom stereocenters. The number of pyridine rings is 1. The number of hydrogen-bond donors (Lipinski definition) is 0. The molecule has 0 radical (unpaired) electrons. The molecule has 0 spiro atoms. The fourth-order valence-electron chi connectivity index (χ4n) is 3.51. The highest BCUT2D eigenvalue weighted by molar-refractivity contribution is 5.92. The van der Waals surface area contributed by atoms with Crippen LogP contribution in [0.1, 0.15) is 65.3 Å². The van der Waals surface area contributed by atoms with Crippen molar-refractivity contribution in [3.8, 4) is 0 Å². The molecule has 25 heavy (non-hydrogen) atoms. The first-order chi connectivity index (χ1) is 12.1. The van der Waals surface area contributed by atoms with Crippen LogP contribution >= 0.6 is 0 Å². The summed E-state index contributed by atoms with van der Waals surface area (Å²) in [6, 6.07) is 7.93. The molecule has 2 aromatic rings. The van der Waals surface area contributed by atoms with Crippen molar-refractivity contribution in [1.29, 1.82) is 0 Å². The SMILES string of the molecule is CN(C)Cc1cccc([C@H]2CCCN2C(=O)c2cc(C3CC3)on2)n1. The lowest BCUT2D eigenvalue weighted by molar-refractivity contribution is 0.0722. The fourth-order valence-corrected chi connectivity index (χ4v) is 3.51. The molecule has 1 aliphatic heterocycles. The number of nitrogens with zero attached hydrogens (tertiary/aromatic N) is 4. The van der Waals surface area contributed by atoms with E-state index in [0.29, 0.717) is 11.6 Å². The van der Waals surface area contributed by atoms with Gasteiger partial charge < -0.3 is 14.3 Å². The summed E-state index contributed by atoms with van der Waals surface area (Å²) < 4.78 is 5.35. The average Bonchev–Trinajstić information content (AvgIpc) is 3.12. The van der Waals surface area contributed by atoms with Gasteiger partial charge in [0.2, 0.25) is 0 Å². The molecule has 1 saturated carbocycles. The van der Waals surface area contributed by atoms with Gasteiger partial charge in [-0.05, 0) is 51.9 Å². The zero-order valence-corrected chi connectivity index (χ0v) is 14.8. The largest absolute Gasteiger partial charge is 0.360 e. The molecule has 2 aliphatic rings. The molecule has 1 saturated heterocycles. The summed E-state index contributed by atoms with van der Waals surface area (Å²) in [7, 11) is 4.06. The van der Waals surface area contributed by atoms with Gasteiger partial charge in [0.1, 0.15) is 5.76 Å². The van der Waals surface area contributed by atoms with E-state index in [-0.39, 0.29) is 11.9 Å². The van der Waals surface area contributed by atoms with Crippen LogP contribution in [0.3, 0.4) is 0 Å². The normalized spacial score (nSPS) is 20.4. The predicted octanol–water partition coefficient (Wildman–Crippen LogP) is 2.99. The van der Waals surface area contributed by atoms with E-state index < -0.39 is 0 Å². The Kier molecular flexibility index (Phi) is 4.29. The molecule has 2 fully saturated rings. The Labute approximate surface area is 147 Å². The number of hydrogen-bond acceptors (Lipinski definition) is 5. The van der Waals surface area contributed by atoms with Crippen LogP contribution in [0.4, 0.5) is 0 Å². The van der Waals surface area contributed by atoms with Crippen LogP contribution in [0.15, 0.2) is 28.8 Å². The van der Waals surface area contributed by atoms with E-state index in [1.165, 1.54) is 0 Å². The Morgan fingerprint density at radius 1 is 1.32 bits per heavy atom. The van der Waals surface area contributed by atoms with Gasteiger partial charge in [-0.2, -0.15) is 0 Å². The molecule has 3 heterocycles. The van der Waals surface area contributed by atoms with E-state index in [0.717, 1.165) is 55.9 Å². The third-order valence-corrected chi connectivity index (χ3v) is 4.89. The van der Waals surface area contributed by atoms with Crippen LogP contribution in [0, 0.1) is 0 Å². The quantitative estimate of drug-likeness (QED) is 0.837. The van der Waals surface area contributed by atoms with Gasteiger partial charge in [0.15, 0.2) is 5.69 Å². The fraction of sp³-hybridized carbons (Fsp3) is 0.526. The van der Waals surface area contributed by atoms with Crippen LogP contribution in [0.2, 0.25) is 0 Å². The van der Waals surface area contributed by atoms with E-state index in [2.05, 4.69) is 10.1 Å². The number of likely N-dealkylation sites (tertiary alicyclic amines) is 1. The van der Waals surface area contributed by atoms with E-state index in [1.54, 1.807) is 0 Å². The Bertz CT molecular complexity index is 766. The van der Waals surface area contributed by atoms with Gasteiger partial charge in [0.25, 0.3) is 5.91 Å². The van der Waals surface area contributed by atoms with E-state index in [4.69, 9.17) is 9.51 Å². The Morgan fingerprint density at radius 3 is 2.92 bits per heavy atom. The number of amides is 1. The van der Waals surface area contributed by atoms with Gasteiger partial charge in [0.05, 0.1) is 17.4 Å². The molecule has 1 aliphatic carbocycles. The van der Waals surface area contributed by atoms with Crippen molar-refractivity contribution in [2.45, 2.75) is 44.2 Å². The van der Waals surface area contributed by atoms with Crippen LogP contribution < -0.4 is 0 Å². The highest BCUT2D eigenvalue weighted by Gasteiger charge is 2.34. The molecule has 1 amide bonds. The van der Waals surface area contributed by atoms with Crippen molar-refractivity contribution in [1.82, 2.24) is 19.9 Å². The minimum atomic E-state index is -0.0436. The maximum atomic E-state index is 12.9. The van der Waals surface area contributed by atoms with E-state index in [1.807, 2.05) is 43.3 Å². The molecule has 0 bridgehead atoms. The maximum absolute atomic E-state index is 12.9. The minimum absolute atomic E-state index is 0.0238. The lowest BCUT2D eigenvalue weighted by Gasteiger charge is -2.24. The van der Waals surface area contributed by atoms with Crippen LogP contribution in [0.25, 0.3) is 0 Å². The highest BCUT2D eigenvalue weighted by atomic mass is 16.5. The second-order valence-corrected chi connectivity index (χ2v) is 7.34. The summed E-state index contributed by atoms with van der Waals surface area (Å²) in [5, 5.41) is 4.01. The van der Waals surface area contributed by atoms with Crippen LogP contribution in [-0.2, 0) is 6.54 Å². The molecule has 132 valence electrons. The number of carbonyl (C=O) groups is 1.